The van der Waals surface area contributed by atoms with Crippen molar-refractivity contribution in [2.45, 2.75) is 0 Å². The molecule has 0 atom stereocenters. The standard InChI is InChI=1S/C17H14BrNO5/c1-23-16(21)11-6-2-3-7-12(11)17(22)24-10-15(20)19-14-9-5-4-8-13(14)18/h2-9H,10H2,1H3,(H,19,20). The number of ether oxygens (including phenoxy) is 2. The molecule has 0 spiro atoms. The lowest BCUT2D eigenvalue weighted by molar-refractivity contribution is -0.119. The Morgan fingerprint density at radius 3 is 2.17 bits per heavy atom. The zero-order chi connectivity index (χ0) is 17.5. The number of esters is 2. The van der Waals surface area contributed by atoms with Gasteiger partial charge in [-0.05, 0) is 40.2 Å². The smallest absolute Gasteiger partial charge is 0.339 e. The molecule has 0 radical (unpaired) electrons. The van der Waals surface area contributed by atoms with Crippen LogP contribution in [0.5, 0.6) is 0 Å². The minimum absolute atomic E-state index is 0.0399. The first-order valence-electron chi connectivity index (χ1n) is 6.91. The monoisotopic (exact) mass is 391 g/mol. The normalized spacial score (nSPS) is 9.92. The van der Waals surface area contributed by atoms with E-state index in [0.29, 0.717) is 10.2 Å². The van der Waals surface area contributed by atoms with E-state index in [2.05, 4.69) is 26.0 Å². The van der Waals surface area contributed by atoms with Crippen LogP contribution >= 0.6 is 15.9 Å². The molecule has 124 valence electrons. The summed E-state index contributed by atoms with van der Waals surface area (Å²) < 4.78 is 10.3. The van der Waals surface area contributed by atoms with Crippen molar-refractivity contribution in [2.24, 2.45) is 0 Å². The summed E-state index contributed by atoms with van der Waals surface area (Å²) in [5.41, 5.74) is 0.683. The highest BCUT2D eigenvalue weighted by Crippen LogP contribution is 2.21. The minimum atomic E-state index is -0.779. The van der Waals surface area contributed by atoms with Crippen LogP contribution in [0.25, 0.3) is 0 Å². The van der Waals surface area contributed by atoms with Gasteiger partial charge in [-0.25, -0.2) is 9.59 Å². The maximum absolute atomic E-state index is 12.1. The lowest BCUT2D eigenvalue weighted by Crippen LogP contribution is -2.22. The number of para-hydroxylation sites is 1. The molecule has 2 aromatic rings. The molecule has 0 saturated carbocycles. The highest BCUT2D eigenvalue weighted by molar-refractivity contribution is 9.10. The van der Waals surface area contributed by atoms with Crippen LogP contribution in [0.1, 0.15) is 20.7 Å². The van der Waals surface area contributed by atoms with Gasteiger partial charge in [-0.2, -0.15) is 0 Å². The number of hydrogen-bond donors (Lipinski definition) is 1. The summed E-state index contributed by atoms with van der Waals surface area (Å²) >= 11 is 3.30. The summed E-state index contributed by atoms with van der Waals surface area (Å²) in [6.07, 6.45) is 0. The molecule has 0 aliphatic carbocycles. The van der Waals surface area contributed by atoms with Crippen molar-refractivity contribution in [3.63, 3.8) is 0 Å². The maximum atomic E-state index is 12.1. The molecule has 0 heterocycles. The van der Waals surface area contributed by atoms with Crippen molar-refractivity contribution >= 4 is 39.5 Å². The first-order chi connectivity index (χ1) is 11.5. The van der Waals surface area contributed by atoms with Gasteiger partial charge in [-0.1, -0.05) is 24.3 Å². The molecule has 7 heteroatoms. The van der Waals surface area contributed by atoms with Crippen molar-refractivity contribution in [3.05, 3.63) is 64.1 Å². The number of carbonyl (C=O) groups excluding carboxylic acids is 3. The maximum Gasteiger partial charge on any atom is 0.339 e. The highest BCUT2D eigenvalue weighted by Gasteiger charge is 2.19. The summed E-state index contributed by atoms with van der Waals surface area (Å²) in [6.45, 7) is -0.477. The predicted molar refractivity (Wildman–Crippen MR) is 90.8 cm³/mol. The third kappa shape index (κ3) is 4.42. The number of amides is 1. The Hall–Kier alpha value is -2.67. The third-order valence-corrected chi connectivity index (χ3v) is 3.73. The molecular weight excluding hydrogens is 378 g/mol. The number of anilines is 1. The van der Waals surface area contributed by atoms with Crippen LogP contribution < -0.4 is 5.32 Å². The molecular formula is C17H14BrNO5. The summed E-state index contributed by atoms with van der Waals surface area (Å²) in [7, 11) is 1.22. The van der Waals surface area contributed by atoms with Gasteiger partial charge in [0.05, 0.1) is 23.9 Å². The summed E-state index contributed by atoms with van der Waals surface area (Å²) in [6, 6.07) is 13.1. The molecule has 1 N–H and O–H groups in total. The molecule has 0 aromatic heterocycles. The molecule has 0 unspecified atom stereocenters. The Labute approximate surface area is 146 Å². The van der Waals surface area contributed by atoms with E-state index in [1.165, 1.54) is 19.2 Å². The van der Waals surface area contributed by atoms with Crippen molar-refractivity contribution in [1.29, 1.82) is 0 Å². The second kappa shape index (κ2) is 8.26. The fourth-order valence-electron chi connectivity index (χ4n) is 1.91. The Morgan fingerprint density at radius 2 is 1.54 bits per heavy atom. The second-order valence-electron chi connectivity index (χ2n) is 4.64. The van der Waals surface area contributed by atoms with E-state index >= 15 is 0 Å². The quantitative estimate of drug-likeness (QED) is 0.792. The van der Waals surface area contributed by atoms with Gasteiger partial charge in [0, 0.05) is 4.47 Å². The van der Waals surface area contributed by atoms with E-state index in [1.54, 1.807) is 30.3 Å². The molecule has 1 amide bonds. The van der Waals surface area contributed by atoms with Gasteiger partial charge in [-0.3, -0.25) is 4.79 Å². The molecule has 24 heavy (non-hydrogen) atoms. The zero-order valence-electron chi connectivity index (χ0n) is 12.7. The van der Waals surface area contributed by atoms with Crippen LogP contribution in [0.4, 0.5) is 5.69 Å². The van der Waals surface area contributed by atoms with Gasteiger partial charge in [-0.15, -0.1) is 0 Å². The van der Waals surface area contributed by atoms with Gasteiger partial charge in [0.25, 0.3) is 5.91 Å². The van der Waals surface area contributed by atoms with Crippen LogP contribution in [-0.4, -0.2) is 31.6 Å². The lowest BCUT2D eigenvalue weighted by Gasteiger charge is -2.09. The van der Waals surface area contributed by atoms with Crippen LogP contribution in [0, 0.1) is 0 Å². The van der Waals surface area contributed by atoms with Gasteiger partial charge in [0.1, 0.15) is 0 Å². The largest absolute Gasteiger partial charge is 0.465 e. The molecule has 2 aromatic carbocycles. The first-order valence-corrected chi connectivity index (χ1v) is 7.71. The lowest BCUT2D eigenvalue weighted by atomic mass is 10.1. The van der Waals surface area contributed by atoms with Crippen LogP contribution in [0.2, 0.25) is 0 Å². The van der Waals surface area contributed by atoms with Crippen LogP contribution in [-0.2, 0) is 14.3 Å². The van der Waals surface area contributed by atoms with E-state index < -0.39 is 24.5 Å². The Kier molecular flexibility index (Phi) is 6.08. The second-order valence-corrected chi connectivity index (χ2v) is 5.50. The number of hydrogen-bond acceptors (Lipinski definition) is 5. The zero-order valence-corrected chi connectivity index (χ0v) is 14.3. The molecule has 0 fully saturated rings. The average molecular weight is 392 g/mol. The third-order valence-electron chi connectivity index (χ3n) is 3.03. The van der Waals surface area contributed by atoms with Crippen molar-refractivity contribution < 1.29 is 23.9 Å². The molecule has 0 aliphatic heterocycles. The summed E-state index contributed by atoms with van der Waals surface area (Å²) in [4.78, 5) is 35.6. The number of halogens is 1. The van der Waals surface area contributed by atoms with E-state index in [0.717, 1.165) is 0 Å². The minimum Gasteiger partial charge on any atom is -0.465 e. The van der Waals surface area contributed by atoms with E-state index in [-0.39, 0.29) is 11.1 Å². The van der Waals surface area contributed by atoms with Crippen molar-refractivity contribution in [3.8, 4) is 0 Å². The molecule has 6 nitrogen and oxygen atoms in total. The topological polar surface area (TPSA) is 81.7 Å². The summed E-state index contributed by atoms with van der Waals surface area (Å²) in [5.74, 6) is -1.93. The van der Waals surface area contributed by atoms with Gasteiger partial charge in [0.2, 0.25) is 0 Å². The molecule has 0 bridgehead atoms. The van der Waals surface area contributed by atoms with Gasteiger partial charge in [0.15, 0.2) is 6.61 Å². The number of rotatable bonds is 5. The SMILES string of the molecule is COC(=O)c1ccccc1C(=O)OCC(=O)Nc1ccccc1Br. The number of methoxy groups -OCH3 is 1. The summed E-state index contributed by atoms with van der Waals surface area (Å²) in [5, 5.41) is 2.61. The number of nitrogens with one attached hydrogen (secondary N) is 1. The number of carbonyl (C=O) groups is 3. The van der Waals surface area contributed by atoms with Crippen LogP contribution in [0.15, 0.2) is 53.0 Å². The van der Waals surface area contributed by atoms with Crippen LogP contribution in [0.3, 0.4) is 0 Å². The molecule has 0 saturated heterocycles. The van der Waals surface area contributed by atoms with E-state index in [4.69, 9.17) is 4.74 Å². The molecule has 2 rings (SSSR count). The fraction of sp³-hybridized carbons (Fsp3) is 0.118. The molecule has 0 aliphatic rings. The van der Waals surface area contributed by atoms with Gasteiger partial charge >= 0.3 is 11.9 Å². The average Bonchev–Trinajstić information content (AvgIpc) is 2.61. The Balaban J connectivity index is 2.00. The Bertz CT molecular complexity index is 775. The van der Waals surface area contributed by atoms with Crippen molar-refractivity contribution in [2.75, 3.05) is 19.0 Å². The van der Waals surface area contributed by atoms with Crippen molar-refractivity contribution in [1.82, 2.24) is 0 Å². The first kappa shape index (κ1) is 17.7. The van der Waals surface area contributed by atoms with E-state index in [9.17, 15) is 14.4 Å². The fourth-order valence-corrected chi connectivity index (χ4v) is 2.29. The van der Waals surface area contributed by atoms with Gasteiger partial charge < -0.3 is 14.8 Å². The number of benzene rings is 2. The highest BCUT2D eigenvalue weighted by atomic mass is 79.9. The Morgan fingerprint density at radius 1 is 0.958 bits per heavy atom. The predicted octanol–water partition coefficient (Wildman–Crippen LogP) is 3.03. The van der Waals surface area contributed by atoms with E-state index in [1.807, 2.05) is 6.07 Å².